The number of aryl methyl sites for hydroxylation is 1. The molecule has 0 bridgehead atoms. The molecule has 1 aromatic heterocycles. The molecule has 1 aromatic carbocycles. The predicted molar refractivity (Wildman–Crippen MR) is 58.5 cm³/mol. The molecule has 70 valence electrons. The van der Waals surface area contributed by atoms with Crippen molar-refractivity contribution in [3.05, 3.63) is 23.2 Å². The Morgan fingerprint density at radius 2 is 2.43 bits per heavy atom. The zero-order valence-electron chi connectivity index (χ0n) is 7.74. The van der Waals surface area contributed by atoms with Crippen molar-refractivity contribution in [2.75, 3.05) is 11.9 Å². The SMILES string of the molecule is Cc1nc2ccc(NCC#N)cc2s1. The molecule has 0 aliphatic carbocycles. The summed E-state index contributed by atoms with van der Waals surface area (Å²) in [7, 11) is 0. The summed E-state index contributed by atoms with van der Waals surface area (Å²) in [5, 5.41) is 12.5. The van der Waals surface area contributed by atoms with E-state index in [0.29, 0.717) is 6.54 Å². The molecular formula is C10H9N3S. The summed E-state index contributed by atoms with van der Waals surface area (Å²) in [5.41, 5.74) is 2.00. The smallest absolute Gasteiger partial charge is 0.103 e. The van der Waals surface area contributed by atoms with Gasteiger partial charge in [-0.15, -0.1) is 11.3 Å². The van der Waals surface area contributed by atoms with E-state index in [0.717, 1.165) is 20.9 Å². The molecule has 3 nitrogen and oxygen atoms in total. The van der Waals surface area contributed by atoms with E-state index in [1.54, 1.807) is 11.3 Å². The van der Waals surface area contributed by atoms with Crippen molar-refractivity contribution in [3.8, 4) is 6.07 Å². The Morgan fingerprint density at radius 1 is 1.57 bits per heavy atom. The van der Waals surface area contributed by atoms with Gasteiger partial charge in [0.25, 0.3) is 0 Å². The van der Waals surface area contributed by atoms with Crippen LogP contribution in [0.3, 0.4) is 0 Å². The van der Waals surface area contributed by atoms with Gasteiger partial charge >= 0.3 is 0 Å². The van der Waals surface area contributed by atoms with E-state index >= 15 is 0 Å². The lowest BCUT2D eigenvalue weighted by Crippen LogP contribution is -1.97. The van der Waals surface area contributed by atoms with Gasteiger partial charge in [-0.25, -0.2) is 4.98 Å². The zero-order chi connectivity index (χ0) is 9.97. The lowest BCUT2D eigenvalue weighted by atomic mass is 10.3. The van der Waals surface area contributed by atoms with Crippen LogP contribution in [0, 0.1) is 18.3 Å². The first kappa shape index (κ1) is 8.97. The number of thiazole rings is 1. The van der Waals surface area contributed by atoms with Crippen LogP contribution in [-0.4, -0.2) is 11.5 Å². The Kier molecular flexibility index (Phi) is 2.33. The Bertz CT molecular complexity index is 496. The Hall–Kier alpha value is -1.60. The number of anilines is 1. The molecule has 0 aliphatic rings. The van der Waals surface area contributed by atoms with Crippen LogP contribution in [-0.2, 0) is 0 Å². The lowest BCUT2D eigenvalue weighted by Gasteiger charge is -1.99. The average molecular weight is 203 g/mol. The van der Waals surface area contributed by atoms with Gasteiger partial charge in [0, 0.05) is 5.69 Å². The molecule has 0 amide bonds. The van der Waals surface area contributed by atoms with E-state index in [1.807, 2.05) is 31.2 Å². The van der Waals surface area contributed by atoms with Gasteiger partial charge < -0.3 is 5.32 Å². The second-order valence-electron chi connectivity index (χ2n) is 2.93. The fraction of sp³-hybridized carbons (Fsp3) is 0.200. The van der Waals surface area contributed by atoms with Crippen LogP contribution in [0.4, 0.5) is 5.69 Å². The minimum atomic E-state index is 0.337. The van der Waals surface area contributed by atoms with Crippen molar-refractivity contribution in [1.82, 2.24) is 4.98 Å². The zero-order valence-corrected chi connectivity index (χ0v) is 8.56. The van der Waals surface area contributed by atoms with E-state index in [9.17, 15) is 0 Å². The van der Waals surface area contributed by atoms with Crippen LogP contribution in [0.5, 0.6) is 0 Å². The average Bonchev–Trinajstić information content (AvgIpc) is 2.54. The largest absolute Gasteiger partial charge is 0.372 e. The minimum Gasteiger partial charge on any atom is -0.372 e. The number of fused-ring (bicyclic) bond motifs is 1. The topological polar surface area (TPSA) is 48.7 Å². The van der Waals surface area contributed by atoms with Crippen LogP contribution in [0.2, 0.25) is 0 Å². The molecule has 2 aromatic rings. The van der Waals surface area contributed by atoms with E-state index in [1.165, 1.54) is 0 Å². The predicted octanol–water partition coefficient (Wildman–Crippen LogP) is 2.54. The highest BCUT2D eigenvalue weighted by molar-refractivity contribution is 7.18. The molecule has 14 heavy (non-hydrogen) atoms. The standard InChI is InChI=1S/C10H9N3S/c1-7-13-9-3-2-8(12-5-4-11)6-10(9)14-7/h2-3,6,12H,5H2,1H3. The molecule has 0 fully saturated rings. The van der Waals surface area contributed by atoms with Crippen molar-refractivity contribution < 1.29 is 0 Å². The van der Waals surface area contributed by atoms with E-state index in [2.05, 4.69) is 10.3 Å². The maximum Gasteiger partial charge on any atom is 0.103 e. The number of hydrogen-bond donors (Lipinski definition) is 1. The number of rotatable bonds is 2. The maximum absolute atomic E-state index is 8.42. The van der Waals surface area contributed by atoms with E-state index in [-0.39, 0.29) is 0 Å². The van der Waals surface area contributed by atoms with Crippen LogP contribution in [0.15, 0.2) is 18.2 Å². The molecule has 0 saturated carbocycles. The highest BCUT2D eigenvalue weighted by Gasteiger charge is 2.00. The fourth-order valence-corrected chi connectivity index (χ4v) is 2.16. The first-order valence-corrected chi connectivity index (χ1v) is 5.09. The first-order chi connectivity index (χ1) is 6.79. The molecule has 0 radical (unpaired) electrons. The van der Waals surface area contributed by atoms with Gasteiger partial charge in [0.1, 0.15) is 6.54 Å². The molecule has 0 aliphatic heterocycles. The van der Waals surface area contributed by atoms with Crippen LogP contribution in [0.25, 0.3) is 10.2 Å². The van der Waals surface area contributed by atoms with E-state index in [4.69, 9.17) is 5.26 Å². The van der Waals surface area contributed by atoms with Gasteiger partial charge in [-0.2, -0.15) is 5.26 Å². The third-order valence-electron chi connectivity index (χ3n) is 1.87. The maximum atomic E-state index is 8.42. The van der Waals surface area contributed by atoms with Gasteiger partial charge in [0.05, 0.1) is 21.3 Å². The molecule has 2 rings (SSSR count). The first-order valence-electron chi connectivity index (χ1n) is 4.27. The molecule has 0 spiro atoms. The van der Waals surface area contributed by atoms with E-state index < -0.39 is 0 Å². The van der Waals surface area contributed by atoms with Gasteiger partial charge in [0.15, 0.2) is 0 Å². The molecule has 1 heterocycles. The number of nitrogens with one attached hydrogen (secondary N) is 1. The third kappa shape index (κ3) is 1.68. The summed E-state index contributed by atoms with van der Waals surface area (Å²) in [4.78, 5) is 4.36. The van der Waals surface area contributed by atoms with Crippen molar-refractivity contribution in [1.29, 1.82) is 5.26 Å². The molecule has 0 unspecified atom stereocenters. The summed E-state index contributed by atoms with van der Waals surface area (Å²) >= 11 is 1.67. The third-order valence-corrected chi connectivity index (χ3v) is 2.80. The highest BCUT2D eigenvalue weighted by atomic mass is 32.1. The summed E-state index contributed by atoms with van der Waals surface area (Å²) in [6.07, 6.45) is 0. The van der Waals surface area contributed by atoms with Crippen LogP contribution in [0.1, 0.15) is 5.01 Å². The summed E-state index contributed by atoms with van der Waals surface area (Å²) in [6, 6.07) is 7.99. The van der Waals surface area contributed by atoms with Crippen molar-refractivity contribution >= 4 is 27.2 Å². The molecule has 4 heteroatoms. The fourth-order valence-electron chi connectivity index (χ4n) is 1.29. The Labute approximate surface area is 86.0 Å². The second kappa shape index (κ2) is 3.64. The van der Waals surface area contributed by atoms with Crippen molar-refractivity contribution in [2.45, 2.75) is 6.92 Å². The molecule has 0 atom stereocenters. The monoisotopic (exact) mass is 203 g/mol. The van der Waals surface area contributed by atoms with Gasteiger partial charge in [-0.05, 0) is 25.1 Å². The van der Waals surface area contributed by atoms with Gasteiger partial charge in [-0.1, -0.05) is 0 Å². The van der Waals surface area contributed by atoms with Crippen LogP contribution < -0.4 is 5.32 Å². The number of nitrogens with zero attached hydrogens (tertiary/aromatic N) is 2. The molecular weight excluding hydrogens is 194 g/mol. The van der Waals surface area contributed by atoms with Gasteiger partial charge in [-0.3, -0.25) is 0 Å². The molecule has 1 N–H and O–H groups in total. The molecule has 0 saturated heterocycles. The number of hydrogen-bond acceptors (Lipinski definition) is 4. The number of benzene rings is 1. The normalized spacial score (nSPS) is 10.0. The van der Waals surface area contributed by atoms with Gasteiger partial charge in [0.2, 0.25) is 0 Å². The van der Waals surface area contributed by atoms with Crippen LogP contribution >= 0.6 is 11.3 Å². The Morgan fingerprint density at radius 3 is 3.21 bits per heavy atom. The lowest BCUT2D eigenvalue weighted by molar-refractivity contribution is 1.32. The summed E-state index contributed by atoms with van der Waals surface area (Å²) in [5.74, 6) is 0. The number of aromatic nitrogens is 1. The summed E-state index contributed by atoms with van der Waals surface area (Å²) < 4.78 is 1.16. The van der Waals surface area contributed by atoms with Crippen molar-refractivity contribution in [2.24, 2.45) is 0 Å². The highest BCUT2D eigenvalue weighted by Crippen LogP contribution is 2.24. The van der Waals surface area contributed by atoms with Crippen molar-refractivity contribution in [3.63, 3.8) is 0 Å². The second-order valence-corrected chi connectivity index (χ2v) is 4.16. The number of nitriles is 1. The quantitative estimate of drug-likeness (QED) is 0.763. The Balaban J connectivity index is 2.36. The summed E-state index contributed by atoms with van der Waals surface area (Å²) in [6.45, 7) is 2.33. The minimum absolute atomic E-state index is 0.337.